The molecule has 6 heteroatoms. The van der Waals surface area contributed by atoms with E-state index in [9.17, 15) is 0 Å². The van der Waals surface area contributed by atoms with Gasteiger partial charge in [-0.3, -0.25) is 0 Å². The monoisotopic (exact) mass is 356 g/mol. The Bertz CT molecular complexity index is 709. The first-order chi connectivity index (χ1) is 12.4. The Morgan fingerprint density at radius 2 is 1.73 bits per heavy atom. The summed E-state index contributed by atoms with van der Waals surface area (Å²) in [5.74, 6) is 1.47. The quantitative estimate of drug-likeness (QED) is 0.715. The van der Waals surface area contributed by atoms with E-state index in [0.717, 1.165) is 43.4 Å². The van der Waals surface area contributed by atoms with E-state index in [4.69, 9.17) is 0 Å². The molecule has 1 heterocycles. The predicted octanol–water partition coefficient (Wildman–Crippen LogP) is 3.66. The molecule has 0 spiro atoms. The number of hydrogen-bond acceptors (Lipinski definition) is 6. The molecule has 1 aromatic carbocycles. The first kappa shape index (κ1) is 20.0. The zero-order valence-corrected chi connectivity index (χ0v) is 16.9. The molecule has 0 bridgehead atoms. The highest BCUT2D eigenvalue weighted by Crippen LogP contribution is 2.25. The lowest BCUT2D eigenvalue weighted by molar-refractivity contribution is 0.425. The van der Waals surface area contributed by atoms with E-state index in [1.54, 1.807) is 0 Å². The maximum absolute atomic E-state index is 4.59. The Kier molecular flexibility index (Phi) is 7.21. The van der Waals surface area contributed by atoms with Gasteiger partial charge in [0.1, 0.15) is 5.82 Å². The van der Waals surface area contributed by atoms with Gasteiger partial charge in [0.25, 0.3) is 0 Å². The minimum absolute atomic E-state index is 0.659. The number of rotatable bonds is 9. The average molecular weight is 357 g/mol. The Labute approximate surface area is 157 Å². The fourth-order valence-electron chi connectivity index (χ4n) is 2.81. The van der Waals surface area contributed by atoms with E-state index >= 15 is 0 Å². The molecule has 0 fully saturated rings. The number of nitrogens with zero attached hydrogens (tertiary/aromatic N) is 4. The van der Waals surface area contributed by atoms with Crippen LogP contribution in [0.15, 0.2) is 24.3 Å². The number of hydrogen-bond donors (Lipinski definition) is 2. The number of benzene rings is 1. The summed E-state index contributed by atoms with van der Waals surface area (Å²) in [5, 5.41) is 6.72. The van der Waals surface area contributed by atoms with Crippen LogP contribution in [0.1, 0.15) is 25.1 Å². The van der Waals surface area contributed by atoms with Crippen LogP contribution in [0.25, 0.3) is 0 Å². The van der Waals surface area contributed by atoms with Crippen molar-refractivity contribution < 1.29 is 0 Å². The number of aromatic nitrogens is 2. The third-order valence-corrected chi connectivity index (χ3v) is 4.30. The van der Waals surface area contributed by atoms with Crippen molar-refractivity contribution in [3.63, 3.8) is 0 Å². The van der Waals surface area contributed by atoms with Gasteiger partial charge in [-0.1, -0.05) is 0 Å². The largest absolute Gasteiger partial charge is 0.372 e. The van der Waals surface area contributed by atoms with E-state index < -0.39 is 0 Å². The Hall–Kier alpha value is -2.34. The van der Waals surface area contributed by atoms with Crippen LogP contribution in [0.5, 0.6) is 0 Å². The summed E-state index contributed by atoms with van der Waals surface area (Å²) >= 11 is 0. The Balaban J connectivity index is 2.13. The molecule has 0 amide bonds. The second kappa shape index (κ2) is 9.38. The van der Waals surface area contributed by atoms with Gasteiger partial charge < -0.3 is 20.4 Å². The minimum atomic E-state index is 0.659. The summed E-state index contributed by atoms with van der Waals surface area (Å²) in [7, 11) is 4.10. The average Bonchev–Trinajstić information content (AvgIpc) is 2.57. The summed E-state index contributed by atoms with van der Waals surface area (Å²) < 4.78 is 0. The second-order valence-corrected chi connectivity index (χ2v) is 6.74. The molecular formula is C20H32N6. The van der Waals surface area contributed by atoms with E-state index in [1.165, 1.54) is 11.3 Å². The van der Waals surface area contributed by atoms with Crippen LogP contribution in [0.2, 0.25) is 0 Å². The van der Waals surface area contributed by atoms with Gasteiger partial charge in [0, 0.05) is 49.3 Å². The van der Waals surface area contributed by atoms with Crippen molar-refractivity contribution in [3.05, 3.63) is 35.5 Å². The molecule has 0 saturated carbocycles. The molecular weight excluding hydrogens is 324 g/mol. The fraction of sp³-hybridized carbons (Fsp3) is 0.500. The standard InChI is InChI=1S/C20H32N6/c1-7-26(8-2)17-9-10-18(15(3)13-17)23-19-14-16(4)22-20(24-19)21-11-12-25(5)6/h9-10,13-14H,7-8,11-12H2,1-6H3,(H2,21,22,23,24). The van der Waals surface area contributed by atoms with Gasteiger partial charge in [-0.15, -0.1) is 0 Å². The molecule has 0 unspecified atom stereocenters. The highest BCUT2D eigenvalue weighted by Gasteiger charge is 2.07. The first-order valence-electron chi connectivity index (χ1n) is 9.29. The maximum atomic E-state index is 4.59. The predicted molar refractivity (Wildman–Crippen MR) is 112 cm³/mol. The summed E-state index contributed by atoms with van der Waals surface area (Å²) in [6.45, 7) is 12.2. The number of aryl methyl sites for hydroxylation is 2. The first-order valence-corrected chi connectivity index (χ1v) is 9.29. The van der Waals surface area contributed by atoms with Crippen molar-refractivity contribution >= 4 is 23.1 Å². The van der Waals surface area contributed by atoms with Crippen LogP contribution in [0.4, 0.5) is 23.1 Å². The minimum Gasteiger partial charge on any atom is -0.372 e. The van der Waals surface area contributed by atoms with Crippen LogP contribution >= 0.6 is 0 Å². The van der Waals surface area contributed by atoms with Crippen LogP contribution < -0.4 is 15.5 Å². The van der Waals surface area contributed by atoms with Gasteiger partial charge >= 0.3 is 0 Å². The van der Waals surface area contributed by atoms with E-state index in [2.05, 4.69) is 83.5 Å². The van der Waals surface area contributed by atoms with Crippen molar-refractivity contribution in [1.82, 2.24) is 14.9 Å². The molecule has 0 aliphatic carbocycles. The summed E-state index contributed by atoms with van der Waals surface area (Å²) in [4.78, 5) is 13.5. The number of anilines is 4. The van der Waals surface area contributed by atoms with Crippen molar-refractivity contribution in [2.24, 2.45) is 0 Å². The molecule has 2 N–H and O–H groups in total. The van der Waals surface area contributed by atoms with E-state index in [1.807, 2.05) is 13.0 Å². The van der Waals surface area contributed by atoms with Gasteiger partial charge in [0.2, 0.25) is 5.95 Å². The van der Waals surface area contributed by atoms with Crippen molar-refractivity contribution in [3.8, 4) is 0 Å². The lowest BCUT2D eigenvalue weighted by Crippen LogP contribution is -2.22. The van der Waals surface area contributed by atoms with Crippen LogP contribution in [0.3, 0.4) is 0 Å². The molecule has 142 valence electrons. The third kappa shape index (κ3) is 5.59. The third-order valence-electron chi connectivity index (χ3n) is 4.30. The van der Waals surface area contributed by atoms with Crippen molar-refractivity contribution in [2.75, 3.05) is 55.8 Å². The van der Waals surface area contributed by atoms with Gasteiger partial charge in [-0.25, -0.2) is 4.98 Å². The normalized spacial score (nSPS) is 10.9. The van der Waals surface area contributed by atoms with Crippen LogP contribution in [-0.4, -0.2) is 55.1 Å². The second-order valence-electron chi connectivity index (χ2n) is 6.74. The molecule has 6 nitrogen and oxygen atoms in total. The van der Waals surface area contributed by atoms with Crippen molar-refractivity contribution in [1.29, 1.82) is 0 Å². The molecule has 2 aromatic rings. The fourth-order valence-corrected chi connectivity index (χ4v) is 2.81. The smallest absolute Gasteiger partial charge is 0.224 e. The number of nitrogens with one attached hydrogen (secondary N) is 2. The SMILES string of the molecule is CCN(CC)c1ccc(Nc2cc(C)nc(NCCN(C)C)n2)c(C)c1. The van der Waals surface area contributed by atoms with Gasteiger partial charge in [-0.2, -0.15) is 4.98 Å². The molecule has 26 heavy (non-hydrogen) atoms. The maximum Gasteiger partial charge on any atom is 0.224 e. The van der Waals surface area contributed by atoms with Crippen LogP contribution in [-0.2, 0) is 0 Å². The molecule has 1 aromatic heterocycles. The zero-order chi connectivity index (χ0) is 19.1. The zero-order valence-electron chi connectivity index (χ0n) is 16.9. The highest BCUT2D eigenvalue weighted by atomic mass is 15.2. The summed E-state index contributed by atoms with van der Waals surface area (Å²) in [6, 6.07) is 8.47. The molecule has 0 aliphatic rings. The number of likely N-dealkylation sites (N-methyl/N-ethyl adjacent to an activating group) is 1. The van der Waals surface area contributed by atoms with Gasteiger partial charge in [-0.05, 0) is 65.6 Å². The van der Waals surface area contributed by atoms with Crippen molar-refractivity contribution in [2.45, 2.75) is 27.7 Å². The molecule has 0 radical (unpaired) electrons. The topological polar surface area (TPSA) is 56.3 Å². The van der Waals surface area contributed by atoms with E-state index in [-0.39, 0.29) is 0 Å². The lowest BCUT2D eigenvalue weighted by Gasteiger charge is -2.22. The lowest BCUT2D eigenvalue weighted by atomic mass is 10.1. The molecule has 0 aliphatic heterocycles. The Morgan fingerprint density at radius 3 is 2.35 bits per heavy atom. The van der Waals surface area contributed by atoms with Gasteiger partial charge in [0.15, 0.2) is 0 Å². The highest BCUT2D eigenvalue weighted by molar-refractivity contribution is 5.65. The summed E-state index contributed by atoms with van der Waals surface area (Å²) in [5.41, 5.74) is 4.46. The van der Waals surface area contributed by atoms with E-state index in [0.29, 0.717) is 5.95 Å². The molecule has 0 atom stereocenters. The van der Waals surface area contributed by atoms with Crippen LogP contribution in [0, 0.1) is 13.8 Å². The molecule has 2 rings (SSSR count). The Morgan fingerprint density at radius 1 is 1.00 bits per heavy atom. The van der Waals surface area contributed by atoms with Gasteiger partial charge in [0.05, 0.1) is 0 Å². The summed E-state index contributed by atoms with van der Waals surface area (Å²) in [6.07, 6.45) is 0. The molecule has 0 saturated heterocycles.